The number of benzene rings is 3. The van der Waals surface area contributed by atoms with Crippen molar-refractivity contribution in [1.82, 2.24) is 19.9 Å². The van der Waals surface area contributed by atoms with Crippen molar-refractivity contribution in [2.45, 2.75) is 52.4 Å². The first-order valence-electron chi connectivity index (χ1n) is 16.4. The predicted molar refractivity (Wildman–Crippen MR) is 199 cm³/mol. The fraction of sp³-hybridized carbons (Fsp3) is 0.190. The highest BCUT2D eigenvalue weighted by molar-refractivity contribution is 6.09. The van der Waals surface area contributed by atoms with Gasteiger partial charge in [-0.1, -0.05) is 53.7 Å². The van der Waals surface area contributed by atoms with Gasteiger partial charge < -0.3 is 9.80 Å². The van der Waals surface area contributed by atoms with E-state index >= 15 is 0 Å². The lowest BCUT2D eigenvalue weighted by atomic mass is 9.74. The van der Waals surface area contributed by atoms with Crippen molar-refractivity contribution < 1.29 is 0 Å². The second kappa shape index (κ2) is 12.2. The zero-order valence-electron chi connectivity index (χ0n) is 28.4. The summed E-state index contributed by atoms with van der Waals surface area (Å²) >= 11 is 0. The number of hydrogen-bond donors (Lipinski definition) is 0. The lowest BCUT2D eigenvalue weighted by molar-refractivity contribution is 0.593. The second-order valence-corrected chi connectivity index (χ2v) is 14.2. The van der Waals surface area contributed by atoms with Gasteiger partial charge in [0, 0.05) is 83.7 Å². The van der Waals surface area contributed by atoms with Crippen molar-refractivity contribution in [3.63, 3.8) is 0 Å². The van der Waals surface area contributed by atoms with E-state index in [0.29, 0.717) is 0 Å². The molecule has 238 valence electrons. The standard InChI is InChI=1S/C42H40N6/c1-41(2,3)39-35-9-7-34(48(31-15-23-45-24-16-31)32-17-25-46-26-18-32)28-38(35)40(42(4,5)6)36-10-8-33(27-37(36)39)47(29-11-19-43-20-12-29)30-13-21-44-22-14-30/h7-28H,1-6H3. The first-order valence-corrected chi connectivity index (χ1v) is 16.4. The van der Waals surface area contributed by atoms with E-state index in [0.717, 1.165) is 34.1 Å². The van der Waals surface area contributed by atoms with Gasteiger partial charge in [0.15, 0.2) is 0 Å². The van der Waals surface area contributed by atoms with Crippen LogP contribution in [0.15, 0.2) is 135 Å². The van der Waals surface area contributed by atoms with Crippen LogP contribution < -0.4 is 9.80 Å². The van der Waals surface area contributed by atoms with E-state index in [4.69, 9.17) is 0 Å². The predicted octanol–water partition coefficient (Wildman–Crippen LogP) is 11.1. The largest absolute Gasteiger partial charge is 0.310 e. The molecule has 4 aromatic heterocycles. The Morgan fingerprint density at radius 2 is 0.604 bits per heavy atom. The van der Waals surface area contributed by atoms with Gasteiger partial charge in [-0.15, -0.1) is 0 Å². The van der Waals surface area contributed by atoms with Crippen molar-refractivity contribution >= 4 is 55.7 Å². The minimum absolute atomic E-state index is 0.138. The summed E-state index contributed by atoms with van der Waals surface area (Å²) in [7, 11) is 0. The molecular weight excluding hydrogens is 589 g/mol. The van der Waals surface area contributed by atoms with Gasteiger partial charge in [0.2, 0.25) is 0 Å². The number of pyridine rings is 4. The molecule has 7 aromatic rings. The van der Waals surface area contributed by atoms with E-state index < -0.39 is 0 Å². The van der Waals surface area contributed by atoms with Crippen molar-refractivity contribution in [2.75, 3.05) is 9.80 Å². The molecule has 0 unspecified atom stereocenters. The van der Waals surface area contributed by atoms with E-state index in [9.17, 15) is 0 Å². The lowest BCUT2D eigenvalue weighted by Crippen LogP contribution is -2.18. The molecule has 0 saturated carbocycles. The SMILES string of the molecule is CC(C)(C)c1c2ccc(N(c3ccncc3)c3ccncc3)cc2c(C(C)(C)C)c2ccc(N(c3ccncc3)c3ccncc3)cc12. The summed E-state index contributed by atoms with van der Waals surface area (Å²) in [4.78, 5) is 21.7. The Balaban J connectivity index is 1.54. The summed E-state index contributed by atoms with van der Waals surface area (Å²) in [5.41, 5.74) is 8.73. The third kappa shape index (κ3) is 5.75. The highest BCUT2D eigenvalue weighted by Gasteiger charge is 2.29. The number of rotatable bonds is 6. The minimum Gasteiger partial charge on any atom is -0.310 e. The fourth-order valence-electron chi connectivity index (χ4n) is 6.97. The number of hydrogen-bond acceptors (Lipinski definition) is 6. The van der Waals surface area contributed by atoms with Gasteiger partial charge in [-0.3, -0.25) is 19.9 Å². The molecule has 7 rings (SSSR count). The molecule has 0 aliphatic rings. The molecule has 48 heavy (non-hydrogen) atoms. The molecular formula is C42H40N6. The summed E-state index contributed by atoms with van der Waals surface area (Å²) in [5.74, 6) is 0. The Bertz CT molecular complexity index is 1950. The average Bonchev–Trinajstić information content (AvgIpc) is 3.08. The van der Waals surface area contributed by atoms with Gasteiger partial charge in [-0.25, -0.2) is 0 Å². The van der Waals surface area contributed by atoms with E-state index in [-0.39, 0.29) is 10.8 Å². The number of nitrogens with zero attached hydrogens (tertiary/aromatic N) is 6. The maximum Gasteiger partial charge on any atom is 0.0492 e. The fourth-order valence-corrected chi connectivity index (χ4v) is 6.97. The van der Waals surface area contributed by atoms with Gasteiger partial charge >= 0.3 is 0 Å². The molecule has 0 saturated heterocycles. The van der Waals surface area contributed by atoms with E-state index in [1.165, 1.54) is 32.7 Å². The van der Waals surface area contributed by atoms with Crippen molar-refractivity contribution in [3.8, 4) is 0 Å². The highest BCUT2D eigenvalue weighted by atomic mass is 15.1. The molecule has 0 spiro atoms. The summed E-state index contributed by atoms with van der Waals surface area (Å²) in [6.45, 7) is 13.9. The van der Waals surface area contributed by atoms with Crippen LogP contribution in [0.5, 0.6) is 0 Å². The topological polar surface area (TPSA) is 58.0 Å². The van der Waals surface area contributed by atoms with Gasteiger partial charge in [0.05, 0.1) is 0 Å². The summed E-state index contributed by atoms with van der Waals surface area (Å²) < 4.78 is 0. The smallest absolute Gasteiger partial charge is 0.0492 e. The molecule has 6 nitrogen and oxygen atoms in total. The van der Waals surface area contributed by atoms with E-state index in [1.54, 1.807) is 0 Å². The minimum atomic E-state index is -0.138. The summed E-state index contributed by atoms with van der Waals surface area (Å²) in [6.07, 6.45) is 14.7. The van der Waals surface area contributed by atoms with Crippen LogP contribution >= 0.6 is 0 Å². The Labute approximate surface area is 282 Å². The maximum absolute atomic E-state index is 4.29. The van der Waals surface area contributed by atoms with Gasteiger partial charge in [0.1, 0.15) is 0 Å². The van der Waals surface area contributed by atoms with Crippen LogP contribution in [0.1, 0.15) is 52.7 Å². The number of aromatic nitrogens is 4. The normalized spacial score (nSPS) is 12.0. The van der Waals surface area contributed by atoms with Crippen LogP contribution in [0.2, 0.25) is 0 Å². The van der Waals surface area contributed by atoms with Crippen molar-refractivity contribution in [2.24, 2.45) is 0 Å². The Kier molecular flexibility index (Phi) is 7.88. The Morgan fingerprint density at radius 3 is 0.854 bits per heavy atom. The molecule has 0 radical (unpaired) electrons. The molecule has 0 atom stereocenters. The zero-order valence-corrected chi connectivity index (χ0v) is 28.4. The van der Waals surface area contributed by atoms with Crippen LogP contribution in [0.25, 0.3) is 21.5 Å². The van der Waals surface area contributed by atoms with Crippen LogP contribution in [0.3, 0.4) is 0 Å². The van der Waals surface area contributed by atoms with Crippen LogP contribution in [-0.4, -0.2) is 19.9 Å². The van der Waals surface area contributed by atoms with Crippen LogP contribution in [-0.2, 0) is 10.8 Å². The molecule has 0 amide bonds. The van der Waals surface area contributed by atoms with Gasteiger partial charge in [-0.2, -0.15) is 0 Å². The van der Waals surface area contributed by atoms with Crippen LogP contribution in [0.4, 0.5) is 34.1 Å². The summed E-state index contributed by atoms with van der Waals surface area (Å²) in [5, 5.41) is 5.06. The first kappa shape index (κ1) is 31.0. The molecule has 3 aromatic carbocycles. The second-order valence-electron chi connectivity index (χ2n) is 14.2. The van der Waals surface area contributed by atoms with Gasteiger partial charge in [-0.05, 0) is 116 Å². The van der Waals surface area contributed by atoms with Crippen LogP contribution in [0, 0.1) is 0 Å². The molecule has 0 fully saturated rings. The molecule has 0 bridgehead atoms. The monoisotopic (exact) mass is 628 g/mol. The number of fused-ring (bicyclic) bond motifs is 2. The third-order valence-electron chi connectivity index (χ3n) is 8.78. The van der Waals surface area contributed by atoms with Gasteiger partial charge in [0.25, 0.3) is 0 Å². The zero-order chi connectivity index (χ0) is 33.5. The maximum atomic E-state index is 4.29. The van der Waals surface area contributed by atoms with E-state index in [1.807, 2.05) is 49.6 Å². The van der Waals surface area contributed by atoms with Crippen molar-refractivity contribution in [1.29, 1.82) is 0 Å². The first-order chi connectivity index (χ1) is 23.1. The Morgan fingerprint density at radius 1 is 0.333 bits per heavy atom. The molecule has 0 N–H and O–H groups in total. The lowest BCUT2D eigenvalue weighted by Gasteiger charge is -2.33. The average molecular weight is 629 g/mol. The molecule has 6 heteroatoms. The number of anilines is 6. The molecule has 0 aliphatic carbocycles. The highest BCUT2D eigenvalue weighted by Crippen LogP contribution is 2.47. The van der Waals surface area contributed by atoms with Crippen molar-refractivity contribution in [3.05, 3.63) is 146 Å². The Hall–Kier alpha value is -5.62. The van der Waals surface area contributed by atoms with E-state index in [2.05, 4.69) is 156 Å². The molecule has 4 heterocycles. The third-order valence-corrected chi connectivity index (χ3v) is 8.78. The molecule has 0 aliphatic heterocycles. The quantitative estimate of drug-likeness (QED) is 0.171. The summed E-state index contributed by atoms with van der Waals surface area (Å²) in [6, 6.07) is 30.3.